The molecule has 0 atom stereocenters. The molecule has 0 fully saturated rings. The molecule has 5 nitrogen and oxygen atoms in total. The van der Waals surface area contributed by atoms with Crippen molar-refractivity contribution in [3.63, 3.8) is 0 Å². The van der Waals surface area contributed by atoms with Crippen molar-refractivity contribution >= 4 is 38.3 Å². The molecule has 1 N–H and O–H groups in total. The quantitative estimate of drug-likeness (QED) is 0.442. The van der Waals surface area contributed by atoms with Crippen LogP contribution in [0, 0.1) is 10.1 Å². The van der Waals surface area contributed by atoms with E-state index >= 15 is 0 Å². The highest BCUT2D eigenvalue weighted by Crippen LogP contribution is 2.28. The van der Waals surface area contributed by atoms with Crippen LogP contribution < -0.4 is 0 Å². The summed E-state index contributed by atoms with van der Waals surface area (Å²) in [6.07, 6.45) is 1.51. The Labute approximate surface area is 127 Å². The first-order valence-corrected chi connectivity index (χ1v) is 6.92. The van der Waals surface area contributed by atoms with Gasteiger partial charge in [0.2, 0.25) is 0 Å². The molecule has 0 bridgehead atoms. The number of H-pyrrole nitrogens is 1. The molecule has 1 aromatic heterocycles. The number of para-hydroxylation sites is 1. The summed E-state index contributed by atoms with van der Waals surface area (Å²) in [5, 5.41) is 11.6. The van der Waals surface area contributed by atoms with E-state index in [1.54, 1.807) is 30.3 Å². The number of nitro groups is 1. The standard InChI is InChI=1S/C15H9BrN2O3/c16-10-4-1-3-9(7-10)15(19)12-8-17-14-11(12)5-2-6-13(14)18(20)21/h1-8,17H. The summed E-state index contributed by atoms with van der Waals surface area (Å²) >= 11 is 3.32. The lowest BCUT2D eigenvalue weighted by molar-refractivity contribution is -0.383. The number of aromatic nitrogens is 1. The fourth-order valence-electron chi connectivity index (χ4n) is 2.26. The maximum atomic E-state index is 12.5. The van der Waals surface area contributed by atoms with Crippen LogP contribution in [0.25, 0.3) is 10.9 Å². The number of ketones is 1. The fraction of sp³-hybridized carbons (Fsp3) is 0. The molecule has 0 aliphatic rings. The Morgan fingerprint density at radius 3 is 2.67 bits per heavy atom. The number of carbonyl (C=O) groups is 1. The number of rotatable bonds is 3. The van der Waals surface area contributed by atoms with Crippen LogP contribution in [0.1, 0.15) is 15.9 Å². The van der Waals surface area contributed by atoms with E-state index in [2.05, 4.69) is 20.9 Å². The van der Waals surface area contributed by atoms with E-state index in [9.17, 15) is 14.9 Å². The first-order chi connectivity index (χ1) is 10.1. The van der Waals surface area contributed by atoms with E-state index in [4.69, 9.17) is 0 Å². The minimum absolute atomic E-state index is 0.0409. The highest BCUT2D eigenvalue weighted by atomic mass is 79.9. The summed E-state index contributed by atoms with van der Waals surface area (Å²) in [7, 11) is 0. The third-order valence-corrected chi connectivity index (χ3v) is 3.71. The summed E-state index contributed by atoms with van der Waals surface area (Å²) in [6.45, 7) is 0. The highest BCUT2D eigenvalue weighted by molar-refractivity contribution is 9.10. The zero-order chi connectivity index (χ0) is 15.0. The SMILES string of the molecule is O=C(c1cccc(Br)c1)c1c[nH]c2c([N+](=O)[O-])cccc12. The van der Waals surface area contributed by atoms with Gasteiger partial charge in [0.1, 0.15) is 5.52 Å². The second-order valence-electron chi connectivity index (χ2n) is 4.50. The van der Waals surface area contributed by atoms with E-state index in [1.807, 2.05) is 6.07 Å². The molecule has 0 saturated carbocycles. The first-order valence-electron chi connectivity index (χ1n) is 6.12. The maximum absolute atomic E-state index is 12.5. The number of benzene rings is 2. The molecule has 21 heavy (non-hydrogen) atoms. The summed E-state index contributed by atoms with van der Waals surface area (Å²) in [5.74, 6) is -0.178. The Kier molecular flexibility index (Phi) is 3.31. The minimum atomic E-state index is -0.466. The first kappa shape index (κ1) is 13.5. The zero-order valence-corrected chi connectivity index (χ0v) is 12.3. The highest BCUT2D eigenvalue weighted by Gasteiger charge is 2.19. The van der Waals surface area contributed by atoms with Crippen molar-refractivity contribution in [2.24, 2.45) is 0 Å². The van der Waals surface area contributed by atoms with E-state index in [1.165, 1.54) is 12.3 Å². The number of halogens is 1. The van der Waals surface area contributed by atoms with Crippen LogP contribution >= 0.6 is 15.9 Å². The van der Waals surface area contributed by atoms with Gasteiger partial charge in [-0.2, -0.15) is 0 Å². The van der Waals surface area contributed by atoms with Gasteiger partial charge in [-0.1, -0.05) is 40.2 Å². The van der Waals surface area contributed by atoms with E-state index in [0.717, 1.165) is 4.47 Å². The molecule has 0 radical (unpaired) electrons. The summed E-state index contributed by atoms with van der Waals surface area (Å²) in [5.41, 5.74) is 1.27. The molecule has 0 amide bonds. The van der Waals surface area contributed by atoms with Crippen molar-refractivity contribution in [3.05, 3.63) is 74.4 Å². The largest absolute Gasteiger partial charge is 0.355 e. The molecule has 3 rings (SSSR count). The summed E-state index contributed by atoms with van der Waals surface area (Å²) in [4.78, 5) is 25.9. The Morgan fingerprint density at radius 1 is 1.19 bits per heavy atom. The molecule has 3 aromatic rings. The number of hydrogen-bond acceptors (Lipinski definition) is 3. The van der Waals surface area contributed by atoms with E-state index < -0.39 is 4.92 Å². The van der Waals surface area contributed by atoms with Crippen LogP contribution in [0.3, 0.4) is 0 Å². The molecule has 0 saturated heterocycles. The van der Waals surface area contributed by atoms with Crippen molar-refractivity contribution in [2.75, 3.05) is 0 Å². The van der Waals surface area contributed by atoms with Gasteiger partial charge >= 0.3 is 0 Å². The van der Waals surface area contributed by atoms with Crippen LogP contribution in [-0.2, 0) is 0 Å². The molecule has 104 valence electrons. The third-order valence-electron chi connectivity index (χ3n) is 3.22. The maximum Gasteiger partial charge on any atom is 0.293 e. The number of non-ortho nitro benzene ring substituents is 1. The van der Waals surface area contributed by atoms with Gasteiger partial charge in [0.25, 0.3) is 5.69 Å². The number of aromatic amines is 1. The van der Waals surface area contributed by atoms with Crippen molar-refractivity contribution in [3.8, 4) is 0 Å². The number of nitrogens with zero attached hydrogens (tertiary/aromatic N) is 1. The molecule has 1 heterocycles. The van der Waals surface area contributed by atoms with Crippen molar-refractivity contribution in [1.82, 2.24) is 4.98 Å². The smallest absolute Gasteiger partial charge is 0.293 e. The summed E-state index contributed by atoms with van der Waals surface area (Å²) < 4.78 is 0.805. The average molecular weight is 345 g/mol. The molecule has 0 unspecified atom stereocenters. The van der Waals surface area contributed by atoms with Crippen LogP contribution in [0.2, 0.25) is 0 Å². The Bertz CT molecular complexity index is 870. The Balaban J connectivity index is 2.16. The van der Waals surface area contributed by atoms with Gasteiger partial charge in [-0.3, -0.25) is 14.9 Å². The molecule has 6 heteroatoms. The van der Waals surface area contributed by atoms with Gasteiger partial charge in [-0.05, 0) is 12.1 Å². The second-order valence-corrected chi connectivity index (χ2v) is 5.41. The number of fused-ring (bicyclic) bond motifs is 1. The minimum Gasteiger partial charge on any atom is -0.355 e. The summed E-state index contributed by atoms with van der Waals surface area (Å²) in [6, 6.07) is 11.7. The van der Waals surface area contributed by atoms with E-state index in [0.29, 0.717) is 22.0 Å². The molecule has 0 aliphatic heterocycles. The van der Waals surface area contributed by atoms with Crippen LogP contribution in [0.15, 0.2) is 53.1 Å². The van der Waals surface area contributed by atoms with Gasteiger partial charge in [0, 0.05) is 33.2 Å². The predicted octanol–water partition coefficient (Wildman–Crippen LogP) is 4.07. The number of nitrogens with one attached hydrogen (secondary N) is 1. The van der Waals surface area contributed by atoms with Gasteiger partial charge in [0.15, 0.2) is 5.78 Å². The van der Waals surface area contributed by atoms with Gasteiger partial charge in [-0.15, -0.1) is 0 Å². The lowest BCUT2D eigenvalue weighted by Crippen LogP contribution is -2.00. The fourth-order valence-corrected chi connectivity index (χ4v) is 2.66. The lowest BCUT2D eigenvalue weighted by atomic mass is 10.0. The zero-order valence-electron chi connectivity index (χ0n) is 10.7. The topological polar surface area (TPSA) is 76.0 Å². The molecular weight excluding hydrogens is 336 g/mol. The second kappa shape index (κ2) is 5.14. The van der Waals surface area contributed by atoms with Gasteiger partial charge < -0.3 is 4.98 Å². The normalized spacial score (nSPS) is 10.7. The lowest BCUT2D eigenvalue weighted by Gasteiger charge is -2.00. The average Bonchev–Trinajstić information content (AvgIpc) is 2.90. The van der Waals surface area contributed by atoms with Gasteiger partial charge in [-0.25, -0.2) is 0 Å². The van der Waals surface area contributed by atoms with Crippen molar-refractivity contribution in [1.29, 1.82) is 0 Å². The monoisotopic (exact) mass is 344 g/mol. The predicted molar refractivity (Wildman–Crippen MR) is 82.5 cm³/mol. The van der Waals surface area contributed by atoms with Crippen LogP contribution in [0.5, 0.6) is 0 Å². The Morgan fingerprint density at radius 2 is 1.95 bits per heavy atom. The number of nitro benzene ring substituents is 1. The molecule has 2 aromatic carbocycles. The molecule has 0 spiro atoms. The van der Waals surface area contributed by atoms with Crippen LogP contribution in [-0.4, -0.2) is 15.7 Å². The van der Waals surface area contributed by atoms with Crippen LogP contribution in [0.4, 0.5) is 5.69 Å². The van der Waals surface area contributed by atoms with Gasteiger partial charge in [0.05, 0.1) is 4.92 Å². The third kappa shape index (κ3) is 2.34. The molecular formula is C15H9BrN2O3. The Hall–Kier alpha value is -2.47. The number of hydrogen-bond donors (Lipinski definition) is 1. The van der Waals surface area contributed by atoms with Crippen molar-refractivity contribution < 1.29 is 9.72 Å². The van der Waals surface area contributed by atoms with Crippen molar-refractivity contribution in [2.45, 2.75) is 0 Å². The van der Waals surface area contributed by atoms with E-state index in [-0.39, 0.29) is 11.5 Å². The molecule has 0 aliphatic carbocycles. The number of carbonyl (C=O) groups excluding carboxylic acids is 1.